The van der Waals surface area contributed by atoms with Crippen molar-refractivity contribution >= 4 is 22.7 Å². The summed E-state index contributed by atoms with van der Waals surface area (Å²) in [5.41, 5.74) is 5.17. The van der Waals surface area contributed by atoms with Crippen LogP contribution in [0.2, 0.25) is 0 Å². The number of piperidine rings is 1. The van der Waals surface area contributed by atoms with Gasteiger partial charge in [0.1, 0.15) is 12.4 Å². The summed E-state index contributed by atoms with van der Waals surface area (Å²) in [7, 11) is 0. The average molecular weight is 540 g/mol. The van der Waals surface area contributed by atoms with Crippen molar-refractivity contribution in [1.82, 2.24) is 25.7 Å². The molecule has 1 fully saturated rings. The lowest BCUT2D eigenvalue weighted by Gasteiger charge is -2.43. The number of nitrogens with zero attached hydrogens (tertiary/aromatic N) is 3. The van der Waals surface area contributed by atoms with Gasteiger partial charge in [-0.2, -0.15) is 0 Å². The molecule has 0 spiro atoms. The van der Waals surface area contributed by atoms with Crippen LogP contribution in [0.25, 0.3) is 10.9 Å². The Morgan fingerprint density at radius 2 is 1.88 bits per heavy atom. The van der Waals surface area contributed by atoms with E-state index in [-0.39, 0.29) is 12.3 Å². The van der Waals surface area contributed by atoms with Crippen molar-refractivity contribution in [2.45, 2.75) is 44.9 Å². The van der Waals surface area contributed by atoms with Crippen LogP contribution >= 0.6 is 0 Å². The summed E-state index contributed by atoms with van der Waals surface area (Å²) in [5, 5.41) is 13.4. The zero-order chi connectivity index (χ0) is 28.0. The van der Waals surface area contributed by atoms with Crippen LogP contribution in [0.5, 0.6) is 5.75 Å². The fourth-order valence-corrected chi connectivity index (χ4v) is 5.41. The molecule has 1 atom stereocenters. The normalized spacial score (nSPS) is 17.4. The van der Waals surface area contributed by atoms with Gasteiger partial charge in [-0.15, -0.1) is 0 Å². The Morgan fingerprint density at radius 1 is 1.07 bits per heavy atom. The molecule has 9 heteroatoms. The van der Waals surface area contributed by atoms with E-state index in [0.29, 0.717) is 37.4 Å². The molecule has 1 saturated heterocycles. The number of nitrogens with one attached hydrogen (secondary N) is 2. The predicted octanol–water partition coefficient (Wildman–Crippen LogP) is 4.18. The number of aromatic nitrogens is 2. The first-order valence-electron chi connectivity index (χ1n) is 13.4. The summed E-state index contributed by atoms with van der Waals surface area (Å²) in [5.74, 6) is -0.181. The molecule has 3 heterocycles. The lowest BCUT2D eigenvalue weighted by molar-refractivity contribution is -0.131. The highest BCUT2D eigenvalue weighted by molar-refractivity contribution is 5.95. The number of carbonyl (C=O) groups excluding carboxylic acids is 2. The van der Waals surface area contributed by atoms with Gasteiger partial charge >= 0.3 is 0 Å². The number of fused-ring (bicyclic) bond motifs is 1. The third kappa shape index (κ3) is 6.62. The molecule has 0 radical (unpaired) electrons. The number of aryl methyl sites for hydroxylation is 1. The van der Waals surface area contributed by atoms with Crippen molar-refractivity contribution < 1.29 is 19.5 Å². The first-order chi connectivity index (χ1) is 19.4. The number of hydroxylamine groups is 1. The van der Waals surface area contributed by atoms with Crippen LogP contribution in [-0.2, 0) is 17.9 Å². The van der Waals surface area contributed by atoms with Crippen molar-refractivity contribution in [2.24, 2.45) is 0 Å². The Morgan fingerprint density at radius 3 is 2.65 bits per heavy atom. The molecule has 40 heavy (non-hydrogen) atoms. The second kappa shape index (κ2) is 12.2. The summed E-state index contributed by atoms with van der Waals surface area (Å²) in [6.07, 6.45) is 3.13. The number of benzene rings is 2. The minimum absolute atomic E-state index is 0.0333. The third-order valence-corrected chi connectivity index (χ3v) is 7.21. The number of hydrogen-bond donors (Lipinski definition) is 3. The maximum absolute atomic E-state index is 13.3. The lowest BCUT2D eigenvalue weighted by atomic mass is 9.85. The summed E-state index contributed by atoms with van der Waals surface area (Å²) in [4.78, 5) is 36.7. The van der Waals surface area contributed by atoms with Crippen molar-refractivity contribution in [1.29, 1.82) is 0 Å². The Kier molecular flexibility index (Phi) is 8.33. The Balaban J connectivity index is 1.26. The van der Waals surface area contributed by atoms with Gasteiger partial charge in [0.25, 0.3) is 5.91 Å². The van der Waals surface area contributed by atoms with E-state index in [1.165, 1.54) is 0 Å². The van der Waals surface area contributed by atoms with Crippen LogP contribution in [0.1, 0.15) is 46.6 Å². The summed E-state index contributed by atoms with van der Waals surface area (Å²) < 4.78 is 6.04. The van der Waals surface area contributed by atoms with E-state index in [9.17, 15) is 14.8 Å². The molecule has 4 aromatic rings. The third-order valence-electron chi connectivity index (χ3n) is 7.21. The molecule has 2 aromatic carbocycles. The van der Waals surface area contributed by atoms with Crippen LogP contribution in [0.3, 0.4) is 0 Å². The predicted molar refractivity (Wildman–Crippen MR) is 151 cm³/mol. The minimum Gasteiger partial charge on any atom is -0.489 e. The molecular weight excluding hydrogens is 506 g/mol. The molecule has 0 bridgehead atoms. The number of carbonyl (C=O) groups is 2. The fraction of sp³-hybridized carbons (Fsp3) is 0.290. The lowest BCUT2D eigenvalue weighted by Crippen LogP contribution is -2.60. The number of ether oxygens (including phenoxy) is 1. The van der Waals surface area contributed by atoms with Gasteiger partial charge in [-0.1, -0.05) is 24.3 Å². The van der Waals surface area contributed by atoms with Gasteiger partial charge in [-0.25, -0.2) is 5.48 Å². The van der Waals surface area contributed by atoms with Crippen molar-refractivity contribution in [3.8, 4) is 5.75 Å². The van der Waals surface area contributed by atoms with Gasteiger partial charge < -0.3 is 10.1 Å². The minimum atomic E-state index is -0.827. The molecule has 1 aliphatic rings. The summed E-state index contributed by atoms with van der Waals surface area (Å²) in [6.45, 7) is 4.24. The number of amides is 2. The molecule has 2 amide bonds. The van der Waals surface area contributed by atoms with E-state index in [2.05, 4.69) is 20.2 Å². The first-order valence-corrected chi connectivity index (χ1v) is 13.4. The summed E-state index contributed by atoms with van der Waals surface area (Å²) >= 11 is 0. The highest BCUT2D eigenvalue weighted by Crippen LogP contribution is 2.27. The average Bonchev–Trinajstić information content (AvgIpc) is 2.96. The fourth-order valence-electron chi connectivity index (χ4n) is 5.41. The number of pyridine rings is 2. The molecule has 0 saturated carbocycles. The first kappa shape index (κ1) is 27.2. The van der Waals surface area contributed by atoms with E-state index < -0.39 is 11.4 Å². The van der Waals surface area contributed by atoms with Crippen molar-refractivity contribution in [3.63, 3.8) is 0 Å². The topological polar surface area (TPSA) is 117 Å². The van der Waals surface area contributed by atoms with E-state index >= 15 is 0 Å². The zero-order valence-corrected chi connectivity index (χ0v) is 22.5. The largest absolute Gasteiger partial charge is 0.489 e. The molecule has 3 N–H and O–H groups in total. The van der Waals surface area contributed by atoms with Gasteiger partial charge in [-0.05, 0) is 74.8 Å². The van der Waals surface area contributed by atoms with Crippen molar-refractivity contribution in [2.75, 3.05) is 13.1 Å². The maximum atomic E-state index is 13.3. The molecule has 5 rings (SSSR count). The van der Waals surface area contributed by atoms with E-state index in [0.717, 1.165) is 40.8 Å². The van der Waals surface area contributed by atoms with Crippen LogP contribution in [0.4, 0.5) is 0 Å². The van der Waals surface area contributed by atoms with E-state index in [1.807, 2.05) is 55.5 Å². The molecular formula is C31H33N5O4. The SMILES string of the molecule is Cc1cc(COc2ccc(C(=O)NC3(CC(=O)NO)CCCN(Cc4ccccn4)C3)cc2)c2ccccc2n1. The Hall–Kier alpha value is -4.34. The maximum Gasteiger partial charge on any atom is 0.251 e. The summed E-state index contributed by atoms with van der Waals surface area (Å²) in [6, 6.07) is 22.7. The molecule has 9 nitrogen and oxygen atoms in total. The standard InChI is InChI=1S/C31H33N5O4/c1-22-17-24(27-8-2-3-9-28(27)33-22)20-40-26-12-10-23(11-13-26)30(38)34-31(18-29(37)35-39)14-6-16-36(21-31)19-25-7-4-5-15-32-25/h2-5,7-13,15,17,39H,6,14,16,18-21H2,1H3,(H,34,38)(H,35,37). The van der Waals surface area contributed by atoms with Crippen molar-refractivity contribution in [3.05, 3.63) is 102 Å². The van der Waals surface area contributed by atoms with Gasteiger partial charge in [0, 0.05) is 41.5 Å². The second-order valence-corrected chi connectivity index (χ2v) is 10.3. The Labute approximate surface area is 233 Å². The van der Waals surface area contributed by atoms with Gasteiger partial charge in [0.05, 0.1) is 23.2 Å². The molecule has 206 valence electrons. The van der Waals surface area contributed by atoms with Gasteiger partial charge in [0.15, 0.2) is 0 Å². The van der Waals surface area contributed by atoms with Crippen LogP contribution in [-0.4, -0.2) is 50.5 Å². The number of para-hydroxylation sites is 1. The number of rotatable bonds is 9. The number of hydrogen-bond acceptors (Lipinski definition) is 7. The van der Waals surface area contributed by atoms with Gasteiger partial charge in [0.2, 0.25) is 5.91 Å². The van der Waals surface area contributed by atoms with Crippen LogP contribution < -0.4 is 15.5 Å². The van der Waals surface area contributed by atoms with E-state index in [4.69, 9.17) is 4.74 Å². The molecule has 0 aliphatic carbocycles. The number of likely N-dealkylation sites (tertiary alicyclic amines) is 1. The monoisotopic (exact) mass is 539 g/mol. The second-order valence-electron chi connectivity index (χ2n) is 10.3. The van der Waals surface area contributed by atoms with E-state index in [1.54, 1.807) is 35.9 Å². The zero-order valence-electron chi connectivity index (χ0n) is 22.5. The van der Waals surface area contributed by atoms with Crippen LogP contribution in [0.15, 0.2) is 79.0 Å². The molecule has 1 unspecified atom stereocenters. The highest BCUT2D eigenvalue weighted by atomic mass is 16.5. The quantitative estimate of drug-likeness (QED) is 0.216. The van der Waals surface area contributed by atoms with Gasteiger partial charge in [-0.3, -0.25) is 29.7 Å². The van der Waals surface area contributed by atoms with Crippen LogP contribution in [0, 0.1) is 6.92 Å². The Bertz CT molecular complexity index is 1480. The smallest absolute Gasteiger partial charge is 0.251 e. The molecule has 1 aliphatic heterocycles. The highest BCUT2D eigenvalue weighted by Gasteiger charge is 2.39. The molecule has 2 aromatic heterocycles.